The van der Waals surface area contributed by atoms with E-state index in [9.17, 15) is 4.79 Å². The Labute approximate surface area is 140 Å². The van der Waals surface area contributed by atoms with Crippen molar-refractivity contribution in [2.24, 2.45) is 0 Å². The molecule has 0 radical (unpaired) electrons. The van der Waals surface area contributed by atoms with E-state index in [2.05, 4.69) is 10.2 Å². The number of hydrogen-bond acceptors (Lipinski definition) is 5. The SMILES string of the molecule is Cc1cc(Cl)nnc1S[C@@H]1CCCN(C(=O)OC(C)(C)C)C1. The van der Waals surface area contributed by atoms with Crippen molar-refractivity contribution < 1.29 is 9.53 Å². The van der Waals surface area contributed by atoms with Crippen molar-refractivity contribution in [1.29, 1.82) is 0 Å². The number of rotatable bonds is 2. The first-order chi connectivity index (χ1) is 10.2. The van der Waals surface area contributed by atoms with E-state index >= 15 is 0 Å². The maximum Gasteiger partial charge on any atom is 0.410 e. The van der Waals surface area contributed by atoms with E-state index in [-0.39, 0.29) is 6.09 Å². The zero-order chi connectivity index (χ0) is 16.3. The van der Waals surface area contributed by atoms with Crippen LogP contribution >= 0.6 is 23.4 Å². The lowest BCUT2D eigenvalue weighted by atomic mass is 10.1. The van der Waals surface area contributed by atoms with Crippen molar-refractivity contribution in [3.8, 4) is 0 Å². The summed E-state index contributed by atoms with van der Waals surface area (Å²) in [6.07, 6.45) is 1.78. The minimum Gasteiger partial charge on any atom is -0.444 e. The van der Waals surface area contributed by atoms with Gasteiger partial charge in [-0.25, -0.2) is 4.79 Å². The smallest absolute Gasteiger partial charge is 0.410 e. The van der Waals surface area contributed by atoms with Crippen LogP contribution in [0.1, 0.15) is 39.2 Å². The van der Waals surface area contributed by atoms with Gasteiger partial charge in [-0.05, 0) is 52.2 Å². The van der Waals surface area contributed by atoms with Crippen LogP contribution in [0.5, 0.6) is 0 Å². The molecular formula is C15H22ClN3O2S. The molecule has 0 aliphatic carbocycles. The molecule has 2 rings (SSSR count). The van der Waals surface area contributed by atoms with E-state index in [1.54, 1.807) is 16.7 Å². The van der Waals surface area contributed by atoms with Gasteiger partial charge in [-0.3, -0.25) is 0 Å². The fourth-order valence-electron chi connectivity index (χ4n) is 2.24. The number of hydrogen-bond donors (Lipinski definition) is 0. The Kier molecular flexibility index (Phi) is 5.55. The highest BCUT2D eigenvalue weighted by molar-refractivity contribution is 7.99. The monoisotopic (exact) mass is 343 g/mol. The van der Waals surface area contributed by atoms with Crippen LogP contribution in [0.25, 0.3) is 0 Å². The lowest BCUT2D eigenvalue weighted by Crippen LogP contribution is -2.43. The molecule has 0 bridgehead atoms. The van der Waals surface area contributed by atoms with Crippen LogP contribution in [-0.2, 0) is 4.74 Å². The van der Waals surface area contributed by atoms with Gasteiger partial charge in [-0.2, -0.15) is 0 Å². The standard InChI is InChI=1S/C15H22ClN3O2S/c1-10-8-12(16)17-18-13(10)22-11-6-5-7-19(9-11)14(20)21-15(2,3)4/h8,11H,5-7,9H2,1-4H3/t11-/m1/s1. The first-order valence-corrected chi connectivity index (χ1v) is 8.65. The summed E-state index contributed by atoms with van der Waals surface area (Å²) in [5, 5.41) is 9.63. The fourth-order valence-corrected chi connectivity index (χ4v) is 3.63. The molecular weight excluding hydrogens is 322 g/mol. The minimum atomic E-state index is -0.463. The van der Waals surface area contributed by atoms with E-state index in [1.807, 2.05) is 33.8 Å². The molecule has 122 valence electrons. The Morgan fingerprint density at radius 3 is 2.82 bits per heavy atom. The van der Waals surface area contributed by atoms with E-state index in [4.69, 9.17) is 16.3 Å². The van der Waals surface area contributed by atoms with Gasteiger partial charge in [0.15, 0.2) is 5.15 Å². The maximum atomic E-state index is 12.2. The first kappa shape index (κ1) is 17.3. The Bertz CT molecular complexity index is 548. The molecule has 0 N–H and O–H groups in total. The van der Waals surface area contributed by atoms with E-state index < -0.39 is 5.60 Å². The number of carbonyl (C=O) groups excluding carboxylic acids is 1. The van der Waals surface area contributed by atoms with Crippen molar-refractivity contribution in [3.63, 3.8) is 0 Å². The third-order valence-corrected chi connectivity index (χ3v) is 4.75. The van der Waals surface area contributed by atoms with Gasteiger partial charge in [0.2, 0.25) is 0 Å². The Morgan fingerprint density at radius 2 is 2.18 bits per heavy atom. The Balaban J connectivity index is 1.97. The zero-order valence-corrected chi connectivity index (χ0v) is 15.0. The Morgan fingerprint density at radius 1 is 1.45 bits per heavy atom. The van der Waals surface area contributed by atoms with E-state index in [0.717, 1.165) is 30.0 Å². The van der Waals surface area contributed by atoms with Gasteiger partial charge in [-0.15, -0.1) is 10.2 Å². The zero-order valence-electron chi connectivity index (χ0n) is 13.4. The second-order valence-corrected chi connectivity index (χ2v) is 8.14. The van der Waals surface area contributed by atoms with Crippen molar-refractivity contribution in [3.05, 3.63) is 16.8 Å². The maximum absolute atomic E-state index is 12.2. The molecule has 7 heteroatoms. The highest BCUT2D eigenvalue weighted by Crippen LogP contribution is 2.31. The quantitative estimate of drug-likeness (QED) is 0.814. The molecule has 1 aliphatic heterocycles. The Hall–Kier alpha value is -1.01. The van der Waals surface area contributed by atoms with Crippen molar-refractivity contribution in [1.82, 2.24) is 15.1 Å². The summed E-state index contributed by atoms with van der Waals surface area (Å²) in [6.45, 7) is 9.03. The molecule has 1 aromatic rings. The highest BCUT2D eigenvalue weighted by Gasteiger charge is 2.28. The molecule has 2 heterocycles. The normalized spacial score (nSPS) is 19.1. The first-order valence-electron chi connectivity index (χ1n) is 7.39. The van der Waals surface area contributed by atoms with E-state index in [1.165, 1.54) is 0 Å². The molecule has 0 spiro atoms. The molecule has 1 atom stereocenters. The summed E-state index contributed by atoms with van der Waals surface area (Å²) in [4.78, 5) is 14.0. The number of ether oxygens (including phenoxy) is 1. The average Bonchev–Trinajstić information content (AvgIpc) is 2.40. The van der Waals surface area contributed by atoms with Crippen LogP contribution in [0.3, 0.4) is 0 Å². The topological polar surface area (TPSA) is 55.3 Å². The number of carbonyl (C=O) groups is 1. The van der Waals surface area contributed by atoms with Crippen molar-refractivity contribution in [2.75, 3.05) is 13.1 Å². The summed E-state index contributed by atoms with van der Waals surface area (Å²) in [7, 11) is 0. The second kappa shape index (κ2) is 7.04. The summed E-state index contributed by atoms with van der Waals surface area (Å²) in [6, 6.07) is 1.81. The van der Waals surface area contributed by atoms with E-state index in [0.29, 0.717) is 16.9 Å². The molecule has 0 unspecified atom stereocenters. The van der Waals surface area contributed by atoms with Gasteiger partial charge < -0.3 is 9.64 Å². The molecule has 1 fully saturated rings. The summed E-state index contributed by atoms with van der Waals surface area (Å²) < 4.78 is 5.45. The van der Waals surface area contributed by atoms with Gasteiger partial charge in [0.25, 0.3) is 0 Å². The molecule has 5 nitrogen and oxygen atoms in total. The number of nitrogens with zero attached hydrogens (tertiary/aromatic N) is 3. The van der Waals surface area contributed by atoms with Gasteiger partial charge >= 0.3 is 6.09 Å². The molecule has 22 heavy (non-hydrogen) atoms. The van der Waals surface area contributed by atoms with Gasteiger partial charge in [0.1, 0.15) is 10.6 Å². The molecule has 0 saturated carbocycles. The lowest BCUT2D eigenvalue weighted by molar-refractivity contribution is 0.0220. The molecule has 0 aromatic carbocycles. The molecule has 1 aliphatic rings. The lowest BCUT2D eigenvalue weighted by Gasteiger charge is -2.33. The van der Waals surface area contributed by atoms with Gasteiger partial charge in [0.05, 0.1) is 0 Å². The summed E-state index contributed by atoms with van der Waals surface area (Å²) in [5.41, 5.74) is 0.550. The molecule has 1 saturated heterocycles. The van der Waals surface area contributed by atoms with Gasteiger partial charge in [-0.1, -0.05) is 23.4 Å². The number of thioether (sulfide) groups is 1. The highest BCUT2D eigenvalue weighted by atomic mass is 35.5. The average molecular weight is 344 g/mol. The number of likely N-dealkylation sites (tertiary alicyclic amines) is 1. The van der Waals surface area contributed by atoms with Gasteiger partial charge in [0, 0.05) is 18.3 Å². The fraction of sp³-hybridized carbons (Fsp3) is 0.667. The number of halogens is 1. The second-order valence-electron chi connectivity index (χ2n) is 6.46. The van der Waals surface area contributed by atoms with Crippen molar-refractivity contribution in [2.45, 2.75) is 56.4 Å². The van der Waals surface area contributed by atoms with Crippen LogP contribution in [0.2, 0.25) is 5.15 Å². The molecule has 1 amide bonds. The number of piperidine rings is 1. The number of aryl methyl sites for hydroxylation is 1. The third-order valence-electron chi connectivity index (χ3n) is 3.22. The predicted octanol–water partition coefficient (Wildman–Crippen LogP) is 3.93. The molecule has 1 aromatic heterocycles. The number of amides is 1. The number of aromatic nitrogens is 2. The largest absolute Gasteiger partial charge is 0.444 e. The van der Waals surface area contributed by atoms with Crippen LogP contribution in [-0.4, -0.2) is 45.1 Å². The van der Waals surface area contributed by atoms with Crippen LogP contribution < -0.4 is 0 Å². The summed E-state index contributed by atoms with van der Waals surface area (Å²) >= 11 is 7.49. The third kappa shape index (κ3) is 5.02. The predicted molar refractivity (Wildman–Crippen MR) is 88.5 cm³/mol. The van der Waals surface area contributed by atoms with Crippen LogP contribution in [0.15, 0.2) is 11.1 Å². The van der Waals surface area contributed by atoms with Crippen LogP contribution in [0, 0.1) is 6.92 Å². The summed E-state index contributed by atoms with van der Waals surface area (Å²) in [5.74, 6) is 0. The minimum absolute atomic E-state index is 0.239. The van der Waals surface area contributed by atoms with Crippen LogP contribution in [0.4, 0.5) is 4.79 Å². The van der Waals surface area contributed by atoms with Crippen molar-refractivity contribution >= 4 is 29.5 Å².